The zero-order valence-electron chi connectivity index (χ0n) is 15.6. The maximum absolute atomic E-state index is 14.2. The van der Waals surface area contributed by atoms with Gasteiger partial charge in [-0.25, -0.2) is 4.39 Å². The molecule has 4 nitrogen and oxygen atoms in total. The van der Waals surface area contributed by atoms with Gasteiger partial charge in [-0.3, -0.25) is 4.79 Å². The van der Waals surface area contributed by atoms with Gasteiger partial charge in [-0.15, -0.1) is 0 Å². The number of carbonyl (C=O) groups is 1. The molecule has 6 heteroatoms. The Labute approximate surface area is 169 Å². The molecule has 28 heavy (non-hydrogen) atoms. The first-order valence-electron chi connectivity index (χ1n) is 9.70. The van der Waals surface area contributed by atoms with Crippen LogP contribution in [0.5, 0.6) is 5.75 Å². The fraction of sp³-hybridized carbons (Fsp3) is 0.409. The van der Waals surface area contributed by atoms with E-state index in [2.05, 4.69) is 0 Å². The molecule has 0 aromatic heterocycles. The number of nitrogens with zero attached hydrogens (tertiary/aromatic N) is 1. The first-order chi connectivity index (χ1) is 13.6. The third kappa shape index (κ3) is 4.47. The average Bonchev–Trinajstić information content (AvgIpc) is 3.40. The molecule has 1 amide bonds. The van der Waals surface area contributed by atoms with Crippen LogP contribution >= 0.6 is 11.6 Å². The second kappa shape index (κ2) is 8.50. The second-order valence-electron chi connectivity index (χ2n) is 7.33. The minimum absolute atomic E-state index is 0.118. The molecular weight excluding hydrogens is 381 g/mol. The molecule has 1 saturated heterocycles. The van der Waals surface area contributed by atoms with E-state index in [0.717, 1.165) is 32.3 Å². The summed E-state index contributed by atoms with van der Waals surface area (Å²) in [6, 6.07) is 11.8. The van der Waals surface area contributed by atoms with Crippen LogP contribution in [0.15, 0.2) is 42.5 Å². The molecule has 148 valence electrons. The molecule has 0 bridgehead atoms. The highest BCUT2D eigenvalue weighted by Crippen LogP contribution is 2.32. The number of hydrogen-bond acceptors (Lipinski definition) is 3. The molecule has 0 spiro atoms. The molecule has 4 rings (SSSR count). The SMILES string of the molecule is O=C(c1ccc(OC[C@@H]2CCCO2)cc1)N(Cc1c(F)cccc1Cl)C1CC1. The number of hydrogen-bond donors (Lipinski definition) is 0. The van der Waals surface area contributed by atoms with Crippen molar-refractivity contribution in [2.75, 3.05) is 13.2 Å². The molecule has 1 aliphatic heterocycles. The number of ether oxygens (including phenoxy) is 2. The van der Waals surface area contributed by atoms with Crippen LogP contribution in [-0.2, 0) is 11.3 Å². The van der Waals surface area contributed by atoms with Crippen LogP contribution in [0.2, 0.25) is 5.02 Å². The zero-order chi connectivity index (χ0) is 19.5. The van der Waals surface area contributed by atoms with Crippen LogP contribution in [-0.4, -0.2) is 36.2 Å². The number of benzene rings is 2. The van der Waals surface area contributed by atoms with Crippen LogP contribution < -0.4 is 4.74 Å². The Morgan fingerprint density at radius 2 is 1.96 bits per heavy atom. The maximum atomic E-state index is 14.2. The second-order valence-corrected chi connectivity index (χ2v) is 7.74. The van der Waals surface area contributed by atoms with Gasteiger partial charge in [0.2, 0.25) is 0 Å². The average molecular weight is 404 g/mol. The van der Waals surface area contributed by atoms with Gasteiger partial charge in [0.1, 0.15) is 18.2 Å². The van der Waals surface area contributed by atoms with Crippen molar-refractivity contribution < 1.29 is 18.7 Å². The van der Waals surface area contributed by atoms with Crippen molar-refractivity contribution in [2.45, 2.75) is 44.4 Å². The fourth-order valence-electron chi connectivity index (χ4n) is 3.43. The van der Waals surface area contributed by atoms with E-state index in [0.29, 0.717) is 28.5 Å². The molecule has 2 fully saturated rings. The topological polar surface area (TPSA) is 38.8 Å². The van der Waals surface area contributed by atoms with Crippen molar-refractivity contribution in [3.05, 3.63) is 64.4 Å². The summed E-state index contributed by atoms with van der Waals surface area (Å²) in [6.07, 6.45) is 4.11. The normalized spacial score (nSPS) is 18.9. The van der Waals surface area contributed by atoms with Crippen molar-refractivity contribution in [3.63, 3.8) is 0 Å². The molecule has 1 saturated carbocycles. The van der Waals surface area contributed by atoms with E-state index < -0.39 is 0 Å². The van der Waals surface area contributed by atoms with Gasteiger partial charge in [0, 0.05) is 28.8 Å². The molecule has 1 aliphatic carbocycles. The third-order valence-corrected chi connectivity index (χ3v) is 5.55. The highest BCUT2D eigenvalue weighted by atomic mass is 35.5. The van der Waals surface area contributed by atoms with Gasteiger partial charge in [0.15, 0.2) is 0 Å². The first kappa shape index (κ1) is 19.2. The first-order valence-corrected chi connectivity index (χ1v) is 10.1. The number of rotatable bonds is 7. The lowest BCUT2D eigenvalue weighted by Crippen LogP contribution is -2.33. The van der Waals surface area contributed by atoms with Gasteiger partial charge >= 0.3 is 0 Å². The lowest BCUT2D eigenvalue weighted by Gasteiger charge is -2.23. The summed E-state index contributed by atoms with van der Waals surface area (Å²) in [5.74, 6) is 0.207. The lowest BCUT2D eigenvalue weighted by atomic mass is 10.1. The predicted octanol–water partition coefficient (Wildman–Crippen LogP) is 4.84. The summed E-state index contributed by atoms with van der Waals surface area (Å²) < 4.78 is 25.5. The summed E-state index contributed by atoms with van der Waals surface area (Å²) in [6.45, 7) is 1.49. The van der Waals surface area contributed by atoms with Crippen LogP contribution in [0.1, 0.15) is 41.6 Å². The molecular formula is C22H23ClFNO3. The molecule has 0 N–H and O–H groups in total. The molecule has 2 aliphatic rings. The van der Waals surface area contributed by atoms with Gasteiger partial charge in [0.25, 0.3) is 5.91 Å². The molecule has 0 radical (unpaired) electrons. The van der Waals surface area contributed by atoms with Crippen molar-refractivity contribution in [2.24, 2.45) is 0 Å². The number of amides is 1. The van der Waals surface area contributed by atoms with Gasteiger partial charge in [0.05, 0.1) is 12.6 Å². The van der Waals surface area contributed by atoms with E-state index in [4.69, 9.17) is 21.1 Å². The summed E-state index contributed by atoms with van der Waals surface area (Å²) in [4.78, 5) is 14.7. The van der Waals surface area contributed by atoms with E-state index in [9.17, 15) is 9.18 Å². The van der Waals surface area contributed by atoms with Crippen LogP contribution in [0.25, 0.3) is 0 Å². The third-order valence-electron chi connectivity index (χ3n) is 5.20. The maximum Gasteiger partial charge on any atom is 0.254 e. The Morgan fingerprint density at radius 1 is 1.18 bits per heavy atom. The Hall–Kier alpha value is -2.11. The minimum atomic E-state index is -0.385. The molecule has 1 heterocycles. The van der Waals surface area contributed by atoms with E-state index in [1.165, 1.54) is 6.07 Å². The molecule has 2 aromatic rings. The van der Waals surface area contributed by atoms with Crippen molar-refractivity contribution in [1.82, 2.24) is 4.90 Å². The van der Waals surface area contributed by atoms with E-state index in [-0.39, 0.29) is 30.4 Å². The van der Waals surface area contributed by atoms with E-state index in [1.807, 2.05) is 0 Å². The Morgan fingerprint density at radius 3 is 2.61 bits per heavy atom. The summed E-state index contributed by atoms with van der Waals surface area (Å²) in [7, 11) is 0. The number of halogens is 2. The van der Waals surface area contributed by atoms with Crippen LogP contribution in [0, 0.1) is 5.82 Å². The Kier molecular flexibility index (Phi) is 5.83. The van der Waals surface area contributed by atoms with Crippen molar-refractivity contribution in [3.8, 4) is 5.75 Å². The van der Waals surface area contributed by atoms with Gasteiger partial charge < -0.3 is 14.4 Å². The fourth-order valence-corrected chi connectivity index (χ4v) is 3.65. The highest BCUT2D eigenvalue weighted by Gasteiger charge is 2.34. The molecule has 0 unspecified atom stereocenters. The lowest BCUT2D eigenvalue weighted by molar-refractivity contribution is 0.0678. The summed E-state index contributed by atoms with van der Waals surface area (Å²) in [5, 5.41) is 0.344. The Balaban J connectivity index is 1.43. The summed E-state index contributed by atoms with van der Waals surface area (Å²) >= 11 is 6.15. The largest absolute Gasteiger partial charge is 0.491 e. The standard InChI is InChI=1S/C22H23ClFNO3/c23-20-4-1-5-21(24)19(20)13-25(16-8-9-16)22(26)15-6-10-17(11-7-15)28-14-18-3-2-12-27-18/h1,4-7,10-11,16,18H,2-3,8-9,12-14H2/t18-/m0/s1. The smallest absolute Gasteiger partial charge is 0.254 e. The zero-order valence-corrected chi connectivity index (χ0v) is 16.3. The van der Waals surface area contributed by atoms with Crippen molar-refractivity contribution >= 4 is 17.5 Å². The monoisotopic (exact) mass is 403 g/mol. The van der Waals surface area contributed by atoms with Gasteiger partial charge in [-0.1, -0.05) is 17.7 Å². The Bertz CT molecular complexity index is 812. The van der Waals surface area contributed by atoms with Crippen molar-refractivity contribution in [1.29, 1.82) is 0 Å². The highest BCUT2D eigenvalue weighted by molar-refractivity contribution is 6.31. The van der Waals surface area contributed by atoms with Crippen LogP contribution in [0.3, 0.4) is 0 Å². The minimum Gasteiger partial charge on any atom is -0.491 e. The van der Waals surface area contributed by atoms with Crippen LogP contribution in [0.4, 0.5) is 4.39 Å². The molecule has 1 atom stereocenters. The quantitative estimate of drug-likeness (QED) is 0.663. The summed E-state index contributed by atoms with van der Waals surface area (Å²) in [5.41, 5.74) is 0.921. The van der Waals surface area contributed by atoms with Gasteiger partial charge in [-0.05, 0) is 62.1 Å². The number of carbonyl (C=O) groups excluding carboxylic acids is 1. The predicted molar refractivity (Wildman–Crippen MR) is 105 cm³/mol. The van der Waals surface area contributed by atoms with Gasteiger partial charge in [-0.2, -0.15) is 0 Å². The van der Waals surface area contributed by atoms with E-state index in [1.54, 1.807) is 41.3 Å². The molecule has 2 aromatic carbocycles. The van der Waals surface area contributed by atoms with E-state index >= 15 is 0 Å².